The van der Waals surface area contributed by atoms with Crippen LogP contribution in [0.1, 0.15) is 45.2 Å². The minimum Gasteiger partial charge on any atom is -0.306 e. The molecule has 22 heavy (non-hydrogen) atoms. The maximum Gasteiger partial charge on any atom is 0.327 e. The van der Waals surface area contributed by atoms with E-state index in [0.29, 0.717) is 17.5 Å². The summed E-state index contributed by atoms with van der Waals surface area (Å²) in [5, 5.41) is 2.29. The predicted octanol–water partition coefficient (Wildman–Crippen LogP) is 1.60. The van der Waals surface area contributed by atoms with Crippen LogP contribution < -0.4 is 11.0 Å². The van der Waals surface area contributed by atoms with E-state index in [2.05, 4.69) is 31.1 Å². The molecule has 1 aliphatic rings. The van der Waals surface area contributed by atoms with E-state index in [1.807, 2.05) is 18.2 Å². The molecule has 2 amide bonds. The van der Waals surface area contributed by atoms with E-state index in [1.54, 1.807) is 0 Å². The van der Waals surface area contributed by atoms with Gasteiger partial charge in [-0.25, -0.2) is 4.79 Å². The lowest BCUT2D eigenvalue weighted by molar-refractivity contribution is -0.135. The summed E-state index contributed by atoms with van der Waals surface area (Å²) < 4.78 is 1.45. The maximum absolute atomic E-state index is 12.3. The van der Waals surface area contributed by atoms with Crippen LogP contribution in [0.25, 0.3) is 11.0 Å². The number of carbonyl (C=O) groups excluding carboxylic acids is 2. The second kappa shape index (κ2) is 4.83. The van der Waals surface area contributed by atoms with Crippen molar-refractivity contribution >= 4 is 22.8 Å². The van der Waals surface area contributed by atoms with E-state index in [9.17, 15) is 14.4 Å². The third-order valence-electron chi connectivity index (χ3n) is 4.10. The molecule has 116 valence electrons. The fourth-order valence-corrected chi connectivity index (χ4v) is 2.84. The monoisotopic (exact) mass is 301 g/mol. The van der Waals surface area contributed by atoms with E-state index < -0.39 is 11.9 Å². The van der Waals surface area contributed by atoms with Gasteiger partial charge in [0.2, 0.25) is 11.8 Å². The third kappa shape index (κ3) is 2.34. The summed E-state index contributed by atoms with van der Waals surface area (Å²) in [6.45, 7) is 6.30. The summed E-state index contributed by atoms with van der Waals surface area (Å²) in [5.74, 6) is -0.705. The average molecular weight is 301 g/mol. The number of imide groups is 1. The number of hydrogen-bond donors (Lipinski definition) is 2. The molecule has 0 saturated carbocycles. The molecule has 1 saturated heterocycles. The Labute approximate surface area is 127 Å². The van der Waals surface area contributed by atoms with Crippen molar-refractivity contribution in [3.05, 3.63) is 34.2 Å². The largest absolute Gasteiger partial charge is 0.327 e. The molecular weight excluding hydrogens is 282 g/mol. The lowest BCUT2D eigenvalue weighted by Crippen LogP contribution is -2.43. The van der Waals surface area contributed by atoms with Gasteiger partial charge < -0.3 is 4.98 Å². The number of amides is 2. The molecule has 6 heteroatoms. The van der Waals surface area contributed by atoms with Crippen molar-refractivity contribution in [1.29, 1.82) is 0 Å². The Morgan fingerprint density at radius 2 is 1.91 bits per heavy atom. The van der Waals surface area contributed by atoms with E-state index in [-0.39, 0.29) is 23.4 Å². The molecule has 0 bridgehead atoms. The Kier molecular flexibility index (Phi) is 3.20. The van der Waals surface area contributed by atoms with Crippen molar-refractivity contribution in [2.75, 3.05) is 0 Å². The number of fused-ring (bicyclic) bond motifs is 1. The minimum absolute atomic E-state index is 0.0260. The summed E-state index contributed by atoms with van der Waals surface area (Å²) in [5.41, 5.74) is 2.16. The van der Waals surface area contributed by atoms with Gasteiger partial charge in [-0.05, 0) is 29.5 Å². The fraction of sp³-hybridized carbons (Fsp3) is 0.438. The first-order chi connectivity index (χ1) is 10.3. The standard InChI is InChI=1S/C16H19N3O3/c1-16(2,3)9-4-5-11-10(8-9)17-15(22)19(11)12-6-7-13(20)18-14(12)21/h4-5,8,12H,6-7H2,1-3H3,(H,17,22)(H,18,20,21). The van der Waals surface area contributed by atoms with Crippen LogP contribution in [-0.4, -0.2) is 21.4 Å². The number of nitrogens with zero attached hydrogens (tertiary/aromatic N) is 1. The second-order valence-corrected chi connectivity index (χ2v) is 6.75. The molecule has 2 heterocycles. The molecule has 1 fully saturated rings. The highest BCUT2D eigenvalue weighted by molar-refractivity contribution is 6.00. The fourth-order valence-electron chi connectivity index (χ4n) is 2.84. The molecule has 1 aliphatic heterocycles. The smallest absolute Gasteiger partial charge is 0.306 e. The number of aromatic nitrogens is 2. The van der Waals surface area contributed by atoms with E-state index in [4.69, 9.17) is 0 Å². The zero-order chi connectivity index (χ0) is 16.1. The number of nitrogens with one attached hydrogen (secondary N) is 2. The first kappa shape index (κ1) is 14.6. The summed E-state index contributed by atoms with van der Waals surface area (Å²) in [7, 11) is 0. The van der Waals surface area contributed by atoms with Crippen molar-refractivity contribution in [3.8, 4) is 0 Å². The van der Waals surface area contributed by atoms with E-state index >= 15 is 0 Å². The molecule has 6 nitrogen and oxygen atoms in total. The van der Waals surface area contributed by atoms with Crippen LogP contribution in [0.15, 0.2) is 23.0 Å². The number of rotatable bonds is 1. The summed E-state index contributed by atoms with van der Waals surface area (Å²) in [6, 6.07) is 5.13. The number of piperidine rings is 1. The van der Waals surface area contributed by atoms with Crippen LogP contribution in [0.2, 0.25) is 0 Å². The van der Waals surface area contributed by atoms with E-state index in [0.717, 1.165) is 5.56 Å². The van der Waals surface area contributed by atoms with Gasteiger partial charge in [-0.2, -0.15) is 0 Å². The predicted molar refractivity (Wildman–Crippen MR) is 82.7 cm³/mol. The van der Waals surface area contributed by atoms with Crippen molar-refractivity contribution in [3.63, 3.8) is 0 Å². The van der Waals surface area contributed by atoms with Gasteiger partial charge in [0, 0.05) is 6.42 Å². The first-order valence-corrected chi connectivity index (χ1v) is 7.36. The third-order valence-corrected chi connectivity index (χ3v) is 4.10. The van der Waals surface area contributed by atoms with Crippen LogP contribution in [0, 0.1) is 0 Å². The van der Waals surface area contributed by atoms with Gasteiger partial charge in [0.1, 0.15) is 6.04 Å². The van der Waals surface area contributed by atoms with Gasteiger partial charge in [-0.3, -0.25) is 19.5 Å². The lowest BCUT2D eigenvalue weighted by atomic mass is 9.87. The first-order valence-electron chi connectivity index (χ1n) is 7.36. The summed E-state index contributed by atoms with van der Waals surface area (Å²) >= 11 is 0. The zero-order valence-corrected chi connectivity index (χ0v) is 12.9. The lowest BCUT2D eigenvalue weighted by Gasteiger charge is -2.22. The van der Waals surface area contributed by atoms with Crippen molar-refractivity contribution in [2.45, 2.75) is 45.1 Å². The summed E-state index contributed by atoms with van der Waals surface area (Å²) in [6.07, 6.45) is 0.591. The van der Waals surface area contributed by atoms with Crippen molar-refractivity contribution < 1.29 is 9.59 Å². The quantitative estimate of drug-likeness (QED) is 0.785. The molecule has 0 radical (unpaired) electrons. The molecule has 0 aliphatic carbocycles. The molecule has 1 aromatic heterocycles. The van der Waals surface area contributed by atoms with Crippen molar-refractivity contribution in [2.24, 2.45) is 0 Å². The minimum atomic E-state index is -0.639. The van der Waals surface area contributed by atoms with Crippen LogP contribution in [0.5, 0.6) is 0 Å². The molecule has 2 N–H and O–H groups in total. The second-order valence-electron chi connectivity index (χ2n) is 6.75. The topological polar surface area (TPSA) is 84.0 Å². The van der Waals surface area contributed by atoms with Gasteiger partial charge in [-0.15, -0.1) is 0 Å². The van der Waals surface area contributed by atoms with Crippen LogP contribution in [0.3, 0.4) is 0 Å². The number of benzene rings is 1. The highest BCUT2D eigenvalue weighted by Gasteiger charge is 2.30. The number of carbonyl (C=O) groups is 2. The van der Waals surface area contributed by atoms with Crippen molar-refractivity contribution in [1.82, 2.24) is 14.9 Å². The maximum atomic E-state index is 12.3. The number of aromatic amines is 1. The van der Waals surface area contributed by atoms with Gasteiger partial charge in [0.25, 0.3) is 0 Å². The molecular formula is C16H19N3O3. The summed E-state index contributed by atoms with van der Waals surface area (Å²) in [4.78, 5) is 38.4. The Morgan fingerprint density at radius 1 is 1.18 bits per heavy atom. The molecule has 0 spiro atoms. The van der Waals surface area contributed by atoms with Gasteiger partial charge in [0.15, 0.2) is 0 Å². The van der Waals surface area contributed by atoms with Gasteiger partial charge in [0.05, 0.1) is 11.0 Å². The Bertz CT molecular complexity index is 823. The number of H-pyrrole nitrogens is 1. The molecule has 3 rings (SSSR count). The number of imidazole rings is 1. The Morgan fingerprint density at radius 3 is 2.55 bits per heavy atom. The van der Waals surface area contributed by atoms with Gasteiger partial charge in [-0.1, -0.05) is 26.8 Å². The average Bonchev–Trinajstić information content (AvgIpc) is 2.73. The van der Waals surface area contributed by atoms with Crippen LogP contribution >= 0.6 is 0 Å². The Hall–Kier alpha value is -2.37. The zero-order valence-electron chi connectivity index (χ0n) is 12.9. The molecule has 1 aromatic carbocycles. The molecule has 1 atom stereocenters. The SMILES string of the molecule is CC(C)(C)c1ccc2c(c1)[nH]c(=O)n2C1CCC(=O)NC1=O. The number of hydrogen-bond acceptors (Lipinski definition) is 3. The highest BCUT2D eigenvalue weighted by atomic mass is 16.2. The Balaban J connectivity index is 2.11. The molecule has 2 aromatic rings. The van der Waals surface area contributed by atoms with E-state index in [1.165, 1.54) is 4.57 Å². The van der Waals surface area contributed by atoms with Gasteiger partial charge >= 0.3 is 5.69 Å². The normalized spacial score (nSPS) is 19.5. The van der Waals surface area contributed by atoms with Crippen LogP contribution in [0.4, 0.5) is 0 Å². The highest BCUT2D eigenvalue weighted by Crippen LogP contribution is 2.27. The molecule has 1 unspecified atom stereocenters. The van der Waals surface area contributed by atoms with Crippen LogP contribution in [-0.2, 0) is 15.0 Å².